The van der Waals surface area contributed by atoms with Gasteiger partial charge in [-0.25, -0.2) is 15.0 Å². The number of carbonyl (C=O) groups is 1. The molecular formula is C24H22N6O2. The lowest BCUT2D eigenvalue weighted by molar-refractivity contribution is 0.0728. The van der Waals surface area contributed by atoms with Crippen LogP contribution in [0.3, 0.4) is 0 Å². The van der Waals surface area contributed by atoms with Crippen molar-refractivity contribution < 1.29 is 9.21 Å². The third kappa shape index (κ3) is 4.07. The summed E-state index contributed by atoms with van der Waals surface area (Å²) in [5, 5.41) is 0. The number of oxazole rings is 1. The van der Waals surface area contributed by atoms with E-state index >= 15 is 0 Å². The van der Waals surface area contributed by atoms with Gasteiger partial charge in [0.25, 0.3) is 5.91 Å². The average Bonchev–Trinajstić information content (AvgIpc) is 3.26. The number of benzene rings is 1. The van der Waals surface area contributed by atoms with Crippen LogP contribution >= 0.6 is 0 Å². The summed E-state index contributed by atoms with van der Waals surface area (Å²) in [6.45, 7) is 0.935. The number of amides is 1. The average molecular weight is 426 g/mol. The van der Waals surface area contributed by atoms with Gasteiger partial charge in [0.1, 0.15) is 11.5 Å². The zero-order valence-corrected chi connectivity index (χ0v) is 17.4. The van der Waals surface area contributed by atoms with Gasteiger partial charge < -0.3 is 15.1 Å². The first-order valence-corrected chi connectivity index (χ1v) is 10.5. The maximum absolute atomic E-state index is 13.4. The van der Waals surface area contributed by atoms with E-state index < -0.39 is 0 Å². The first-order chi connectivity index (χ1) is 15.7. The Kier molecular flexibility index (Phi) is 5.33. The smallest absolute Gasteiger partial charge is 0.258 e. The molecule has 1 aromatic carbocycles. The summed E-state index contributed by atoms with van der Waals surface area (Å²) in [7, 11) is 0. The van der Waals surface area contributed by atoms with Crippen molar-refractivity contribution in [2.45, 2.75) is 25.8 Å². The number of nitrogen functional groups attached to an aromatic ring is 1. The summed E-state index contributed by atoms with van der Waals surface area (Å²) in [6, 6.07) is 13.5. The van der Waals surface area contributed by atoms with Crippen LogP contribution in [0, 0.1) is 0 Å². The van der Waals surface area contributed by atoms with E-state index in [-0.39, 0.29) is 11.9 Å². The van der Waals surface area contributed by atoms with Gasteiger partial charge in [0.15, 0.2) is 5.89 Å². The van der Waals surface area contributed by atoms with Crippen molar-refractivity contribution in [2.75, 3.05) is 12.3 Å². The molecule has 0 bridgehead atoms. The quantitative estimate of drug-likeness (QED) is 0.522. The third-order valence-corrected chi connectivity index (χ3v) is 5.49. The summed E-state index contributed by atoms with van der Waals surface area (Å²) in [5.74, 6) is 1.53. The van der Waals surface area contributed by atoms with Gasteiger partial charge in [0.05, 0.1) is 17.8 Å². The molecule has 8 heteroatoms. The maximum atomic E-state index is 13.4. The van der Waals surface area contributed by atoms with E-state index in [0.29, 0.717) is 43.1 Å². The lowest BCUT2D eigenvalue weighted by Crippen LogP contribution is -2.36. The van der Waals surface area contributed by atoms with Crippen molar-refractivity contribution in [3.63, 3.8) is 0 Å². The Hall–Kier alpha value is -4.07. The van der Waals surface area contributed by atoms with Crippen LogP contribution in [0.2, 0.25) is 0 Å². The lowest BCUT2D eigenvalue weighted by atomic mass is 10.0. The van der Waals surface area contributed by atoms with Crippen LogP contribution in [0.15, 0.2) is 65.5 Å². The molecule has 0 aliphatic carbocycles. The van der Waals surface area contributed by atoms with E-state index in [1.165, 1.54) is 6.20 Å². The minimum absolute atomic E-state index is 0.135. The summed E-state index contributed by atoms with van der Waals surface area (Å²) in [6.07, 6.45) is 7.23. The van der Waals surface area contributed by atoms with E-state index in [4.69, 9.17) is 10.2 Å². The predicted molar refractivity (Wildman–Crippen MR) is 118 cm³/mol. The fourth-order valence-corrected chi connectivity index (χ4v) is 3.87. The minimum Gasteiger partial charge on any atom is -0.445 e. The van der Waals surface area contributed by atoms with Gasteiger partial charge in [0.2, 0.25) is 5.95 Å². The van der Waals surface area contributed by atoms with Gasteiger partial charge in [-0.05, 0) is 18.1 Å². The van der Waals surface area contributed by atoms with E-state index in [2.05, 4.69) is 19.9 Å². The summed E-state index contributed by atoms with van der Waals surface area (Å²) < 4.78 is 5.96. The topological polar surface area (TPSA) is 111 Å². The minimum atomic E-state index is -0.144. The number of rotatable bonds is 5. The molecule has 5 rings (SSSR count). The van der Waals surface area contributed by atoms with Crippen LogP contribution < -0.4 is 5.73 Å². The van der Waals surface area contributed by atoms with Crippen molar-refractivity contribution in [3.05, 3.63) is 89.5 Å². The van der Waals surface area contributed by atoms with E-state index in [1.54, 1.807) is 11.1 Å². The number of anilines is 1. The van der Waals surface area contributed by atoms with Gasteiger partial charge in [-0.3, -0.25) is 9.78 Å². The standard InChI is InChI=1S/C24H22N6O2/c25-24-27-14-18(22(29-24)17-6-2-1-3-7-17)23(31)30-12-10-20-19(15-30)28-21(32-20)9-8-16-5-4-11-26-13-16/h1-7,11,13-14H,8-10,12,15H2,(H2,25,27,29). The molecule has 0 spiro atoms. The molecule has 8 nitrogen and oxygen atoms in total. The van der Waals surface area contributed by atoms with Gasteiger partial charge in [-0.2, -0.15) is 0 Å². The zero-order valence-electron chi connectivity index (χ0n) is 17.4. The molecule has 1 aliphatic rings. The van der Waals surface area contributed by atoms with E-state index in [9.17, 15) is 4.79 Å². The molecule has 32 heavy (non-hydrogen) atoms. The molecule has 3 aromatic heterocycles. The van der Waals surface area contributed by atoms with Crippen molar-refractivity contribution in [2.24, 2.45) is 0 Å². The Morgan fingerprint density at radius 3 is 2.75 bits per heavy atom. The van der Waals surface area contributed by atoms with Crippen LogP contribution in [0.25, 0.3) is 11.3 Å². The van der Waals surface area contributed by atoms with Gasteiger partial charge in [-0.15, -0.1) is 0 Å². The summed E-state index contributed by atoms with van der Waals surface area (Å²) >= 11 is 0. The second-order valence-electron chi connectivity index (χ2n) is 7.67. The molecule has 0 atom stereocenters. The van der Waals surface area contributed by atoms with Crippen LogP contribution in [0.1, 0.15) is 33.3 Å². The molecule has 1 amide bonds. The van der Waals surface area contributed by atoms with Gasteiger partial charge in [0, 0.05) is 43.5 Å². The molecule has 0 saturated carbocycles. The summed E-state index contributed by atoms with van der Waals surface area (Å²) in [4.78, 5) is 32.3. The SMILES string of the molecule is Nc1ncc(C(=O)N2CCc3oc(CCc4cccnc4)nc3C2)c(-c2ccccc2)n1. The Labute approximate surface area is 185 Å². The van der Waals surface area contributed by atoms with Crippen molar-refractivity contribution in [1.82, 2.24) is 24.8 Å². The Morgan fingerprint density at radius 2 is 1.94 bits per heavy atom. The predicted octanol–water partition coefficient (Wildman–Crippen LogP) is 3.09. The second-order valence-corrected chi connectivity index (χ2v) is 7.67. The number of aromatic nitrogens is 4. The van der Waals surface area contributed by atoms with E-state index in [0.717, 1.165) is 29.0 Å². The molecule has 1 aliphatic heterocycles. The normalized spacial score (nSPS) is 13.1. The number of aryl methyl sites for hydroxylation is 2. The number of hydrogen-bond acceptors (Lipinski definition) is 7. The lowest BCUT2D eigenvalue weighted by Gasteiger charge is -2.26. The number of fused-ring (bicyclic) bond motifs is 1. The fraction of sp³-hybridized carbons (Fsp3) is 0.208. The number of pyridine rings is 1. The summed E-state index contributed by atoms with van der Waals surface area (Å²) in [5.41, 5.74) is 9.53. The van der Waals surface area contributed by atoms with Gasteiger partial charge in [-0.1, -0.05) is 36.4 Å². The number of carbonyl (C=O) groups excluding carboxylic acids is 1. The highest BCUT2D eigenvalue weighted by molar-refractivity contribution is 5.99. The Bertz CT molecular complexity index is 1240. The number of hydrogen-bond donors (Lipinski definition) is 1. The molecule has 4 heterocycles. The number of nitrogens with zero attached hydrogens (tertiary/aromatic N) is 5. The molecule has 0 radical (unpaired) electrons. The molecule has 0 unspecified atom stereocenters. The first-order valence-electron chi connectivity index (χ1n) is 10.5. The van der Waals surface area contributed by atoms with Crippen molar-refractivity contribution in [3.8, 4) is 11.3 Å². The van der Waals surface area contributed by atoms with Gasteiger partial charge >= 0.3 is 0 Å². The zero-order chi connectivity index (χ0) is 21.9. The molecule has 4 aromatic rings. The monoisotopic (exact) mass is 426 g/mol. The Balaban J connectivity index is 1.34. The van der Waals surface area contributed by atoms with Crippen molar-refractivity contribution >= 4 is 11.9 Å². The molecule has 0 fully saturated rings. The molecule has 160 valence electrons. The highest BCUT2D eigenvalue weighted by Crippen LogP contribution is 2.26. The molecular weight excluding hydrogens is 404 g/mol. The van der Waals surface area contributed by atoms with Crippen LogP contribution in [-0.4, -0.2) is 37.3 Å². The molecule has 0 saturated heterocycles. The van der Waals surface area contributed by atoms with Crippen LogP contribution in [0.4, 0.5) is 5.95 Å². The largest absolute Gasteiger partial charge is 0.445 e. The number of nitrogens with two attached hydrogens (primary N) is 1. The second kappa shape index (κ2) is 8.58. The first kappa shape index (κ1) is 19.9. The Morgan fingerprint density at radius 1 is 1.06 bits per heavy atom. The third-order valence-electron chi connectivity index (χ3n) is 5.49. The highest BCUT2D eigenvalue weighted by atomic mass is 16.4. The van der Waals surface area contributed by atoms with Crippen molar-refractivity contribution in [1.29, 1.82) is 0 Å². The highest BCUT2D eigenvalue weighted by Gasteiger charge is 2.28. The van der Waals surface area contributed by atoms with Crippen LogP contribution in [0.5, 0.6) is 0 Å². The maximum Gasteiger partial charge on any atom is 0.258 e. The van der Waals surface area contributed by atoms with Crippen LogP contribution in [-0.2, 0) is 25.8 Å². The van der Waals surface area contributed by atoms with E-state index in [1.807, 2.05) is 48.7 Å². The molecule has 2 N–H and O–H groups in total. The fourth-order valence-electron chi connectivity index (χ4n) is 3.87.